The lowest BCUT2D eigenvalue weighted by Gasteiger charge is -2.37. The lowest BCUT2D eigenvalue weighted by atomic mass is 10.1. The van der Waals surface area contributed by atoms with Crippen molar-refractivity contribution >= 4 is 34.4 Å². The van der Waals surface area contributed by atoms with Gasteiger partial charge in [-0.2, -0.15) is 0 Å². The summed E-state index contributed by atoms with van der Waals surface area (Å²) in [5.74, 6) is 1.70. The Balaban J connectivity index is 1.22. The first kappa shape index (κ1) is 23.6. The summed E-state index contributed by atoms with van der Waals surface area (Å²) in [6.45, 7) is 12.5. The van der Waals surface area contributed by atoms with Crippen LogP contribution in [-0.2, 0) is 0 Å². The van der Waals surface area contributed by atoms with E-state index < -0.39 is 0 Å². The average molecular weight is 488 g/mol. The van der Waals surface area contributed by atoms with Crippen LogP contribution in [0, 0.1) is 20.8 Å². The summed E-state index contributed by atoms with van der Waals surface area (Å²) < 4.78 is 2.10. The quantitative estimate of drug-likeness (QED) is 0.379. The predicted molar refractivity (Wildman–Crippen MR) is 146 cm³/mol. The van der Waals surface area contributed by atoms with E-state index in [1.165, 1.54) is 21.7 Å². The molecule has 2 aromatic heterocycles. The molecule has 1 saturated heterocycles. The van der Waals surface area contributed by atoms with Crippen molar-refractivity contribution in [2.45, 2.75) is 25.7 Å². The second-order valence-electron chi connectivity index (χ2n) is 9.06. The van der Waals surface area contributed by atoms with Gasteiger partial charge in [0.2, 0.25) is 0 Å². The Hall–Kier alpha value is -3.10. The van der Waals surface area contributed by atoms with Crippen molar-refractivity contribution in [2.24, 2.45) is 0 Å². The lowest BCUT2D eigenvalue weighted by molar-refractivity contribution is 0.267. The topological polar surface area (TPSA) is 62.1 Å². The molecule has 0 atom stereocenters. The number of aryl methyl sites for hydroxylation is 2. The van der Waals surface area contributed by atoms with E-state index in [9.17, 15) is 0 Å². The Morgan fingerprint density at radius 2 is 1.71 bits per heavy atom. The number of hydrogen-bond acceptors (Lipinski definition) is 7. The van der Waals surface area contributed by atoms with Crippen LogP contribution in [0.2, 0.25) is 0 Å². The van der Waals surface area contributed by atoms with Crippen molar-refractivity contribution in [3.05, 3.63) is 65.7 Å². The highest BCUT2D eigenvalue weighted by atomic mass is 32.2. The van der Waals surface area contributed by atoms with Crippen LogP contribution in [-0.4, -0.2) is 69.9 Å². The molecule has 0 aliphatic carbocycles. The van der Waals surface area contributed by atoms with Gasteiger partial charge in [0.05, 0.1) is 0 Å². The van der Waals surface area contributed by atoms with E-state index in [-0.39, 0.29) is 0 Å². The minimum absolute atomic E-state index is 0.798. The van der Waals surface area contributed by atoms with Crippen LogP contribution in [0.25, 0.3) is 16.9 Å². The fraction of sp³-hybridized carbons (Fsp3) is 0.370. The fourth-order valence-corrected chi connectivity index (χ4v) is 5.20. The van der Waals surface area contributed by atoms with Gasteiger partial charge < -0.3 is 10.2 Å². The van der Waals surface area contributed by atoms with Gasteiger partial charge in [0.25, 0.3) is 0 Å². The molecule has 5 rings (SSSR count). The molecule has 35 heavy (non-hydrogen) atoms. The summed E-state index contributed by atoms with van der Waals surface area (Å²) in [5.41, 5.74) is 6.84. The first-order chi connectivity index (χ1) is 17.0. The number of fused-ring (bicyclic) bond motifs is 1. The molecule has 1 aliphatic rings. The van der Waals surface area contributed by atoms with E-state index in [4.69, 9.17) is 4.98 Å². The van der Waals surface area contributed by atoms with E-state index in [1.54, 1.807) is 18.1 Å². The summed E-state index contributed by atoms with van der Waals surface area (Å²) in [5, 5.41) is 3.52. The molecule has 0 unspecified atom stereocenters. The SMILES string of the molecule is CSc1ccc(-n2c(C)nc3c(NCCN4CCN(c5cccc(C)c5C)CC4)ncnc32)cc1. The second kappa shape index (κ2) is 10.3. The van der Waals surface area contributed by atoms with E-state index in [0.29, 0.717) is 0 Å². The molecule has 2 aromatic carbocycles. The van der Waals surface area contributed by atoms with Crippen molar-refractivity contribution < 1.29 is 0 Å². The molecule has 1 fully saturated rings. The monoisotopic (exact) mass is 487 g/mol. The van der Waals surface area contributed by atoms with Crippen molar-refractivity contribution in [3.8, 4) is 5.69 Å². The molecular formula is C27H33N7S. The van der Waals surface area contributed by atoms with Crippen LogP contribution < -0.4 is 10.2 Å². The predicted octanol–water partition coefficient (Wildman–Crippen LogP) is 4.70. The minimum Gasteiger partial charge on any atom is -0.369 e. The zero-order valence-corrected chi connectivity index (χ0v) is 21.8. The molecule has 1 N–H and O–H groups in total. The molecule has 0 bridgehead atoms. The number of aromatic nitrogens is 4. The van der Waals surface area contributed by atoms with Crippen LogP contribution in [0.4, 0.5) is 11.5 Å². The Kier molecular flexibility index (Phi) is 6.92. The number of anilines is 2. The molecule has 0 spiro atoms. The third kappa shape index (κ3) is 4.86. The molecule has 182 valence electrons. The molecule has 0 saturated carbocycles. The van der Waals surface area contributed by atoms with Gasteiger partial charge in [-0.3, -0.25) is 9.47 Å². The number of rotatable bonds is 7. The van der Waals surface area contributed by atoms with Crippen LogP contribution in [0.3, 0.4) is 0 Å². The van der Waals surface area contributed by atoms with E-state index in [1.807, 2.05) is 6.92 Å². The molecule has 0 amide bonds. The first-order valence-corrected chi connectivity index (χ1v) is 13.4. The first-order valence-electron chi connectivity index (χ1n) is 12.2. The fourth-order valence-electron chi connectivity index (χ4n) is 4.79. The van der Waals surface area contributed by atoms with Gasteiger partial charge >= 0.3 is 0 Å². The van der Waals surface area contributed by atoms with Gasteiger partial charge in [-0.15, -0.1) is 11.8 Å². The molecule has 3 heterocycles. The normalized spacial score (nSPS) is 14.6. The maximum atomic E-state index is 4.81. The Morgan fingerprint density at radius 3 is 2.46 bits per heavy atom. The van der Waals surface area contributed by atoms with E-state index >= 15 is 0 Å². The maximum Gasteiger partial charge on any atom is 0.170 e. The summed E-state index contributed by atoms with van der Waals surface area (Å²) >= 11 is 1.74. The number of nitrogens with zero attached hydrogens (tertiary/aromatic N) is 6. The van der Waals surface area contributed by atoms with Crippen molar-refractivity contribution in [2.75, 3.05) is 55.7 Å². The summed E-state index contributed by atoms with van der Waals surface area (Å²) in [6.07, 6.45) is 3.71. The van der Waals surface area contributed by atoms with E-state index in [0.717, 1.165) is 67.8 Å². The third-order valence-corrected chi connectivity index (χ3v) is 7.70. The summed E-state index contributed by atoms with van der Waals surface area (Å²) in [7, 11) is 0. The number of hydrogen-bond donors (Lipinski definition) is 1. The number of piperazine rings is 1. The zero-order valence-electron chi connectivity index (χ0n) is 21.0. The number of imidazole rings is 1. The molecule has 8 heteroatoms. The van der Waals surface area contributed by atoms with Gasteiger partial charge in [-0.1, -0.05) is 12.1 Å². The summed E-state index contributed by atoms with van der Waals surface area (Å²) in [4.78, 5) is 20.1. The van der Waals surface area contributed by atoms with Crippen molar-refractivity contribution in [1.29, 1.82) is 0 Å². The molecular weight excluding hydrogens is 454 g/mol. The highest BCUT2D eigenvalue weighted by molar-refractivity contribution is 7.98. The highest BCUT2D eigenvalue weighted by Crippen LogP contribution is 2.26. The largest absolute Gasteiger partial charge is 0.369 e. The molecule has 0 radical (unpaired) electrons. The van der Waals surface area contributed by atoms with Gasteiger partial charge in [0.15, 0.2) is 17.0 Å². The number of benzene rings is 2. The highest BCUT2D eigenvalue weighted by Gasteiger charge is 2.19. The zero-order chi connectivity index (χ0) is 24.4. The standard InChI is InChI=1S/C27H33N7S/c1-19-6-5-7-24(20(19)2)33-16-14-32(15-17-33)13-12-28-26-25-27(30-18-29-26)34(21(3)31-25)22-8-10-23(35-4)11-9-22/h5-11,18H,12-17H2,1-4H3,(H,28,29,30). The van der Waals surface area contributed by atoms with Crippen molar-refractivity contribution in [1.82, 2.24) is 24.4 Å². The van der Waals surface area contributed by atoms with Gasteiger partial charge in [-0.25, -0.2) is 15.0 Å². The van der Waals surface area contributed by atoms with Gasteiger partial charge in [-0.05, 0) is 68.5 Å². The average Bonchev–Trinajstić information content (AvgIpc) is 3.23. The molecule has 7 nitrogen and oxygen atoms in total. The number of thioether (sulfide) groups is 1. The molecule has 4 aromatic rings. The smallest absolute Gasteiger partial charge is 0.170 e. The van der Waals surface area contributed by atoms with Crippen molar-refractivity contribution in [3.63, 3.8) is 0 Å². The van der Waals surface area contributed by atoms with Gasteiger partial charge in [0, 0.05) is 55.5 Å². The molecule has 1 aliphatic heterocycles. The van der Waals surface area contributed by atoms with Crippen LogP contribution in [0.15, 0.2) is 53.7 Å². The third-order valence-electron chi connectivity index (χ3n) is 6.95. The Labute approximate surface area is 211 Å². The second-order valence-corrected chi connectivity index (χ2v) is 9.94. The van der Waals surface area contributed by atoms with Crippen LogP contribution >= 0.6 is 11.8 Å². The van der Waals surface area contributed by atoms with E-state index in [2.05, 4.69) is 92.2 Å². The van der Waals surface area contributed by atoms with Gasteiger partial charge in [0.1, 0.15) is 12.2 Å². The maximum absolute atomic E-state index is 4.81. The summed E-state index contributed by atoms with van der Waals surface area (Å²) in [6, 6.07) is 15.1. The van der Waals surface area contributed by atoms with Crippen LogP contribution in [0.5, 0.6) is 0 Å². The lowest BCUT2D eigenvalue weighted by Crippen LogP contribution is -2.47. The number of nitrogens with one attached hydrogen (secondary N) is 1. The van der Waals surface area contributed by atoms with Crippen LogP contribution in [0.1, 0.15) is 17.0 Å². The Morgan fingerprint density at radius 1 is 0.943 bits per heavy atom. The minimum atomic E-state index is 0.798. The Bertz CT molecular complexity index is 1310.